The van der Waals surface area contributed by atoms with E-state index in [1.165, 1.54) is 128 Å². The Labute approximate surface area is 542 Å². The maximum absolute atomic E-state index is 12.9. The minimum atomic E-state index is -4.65. The van der Waals surface area contributed by atoms with Crippen molar-refractivity contribution in [2.45, 2.75) is 290 Å². The molecule has 0 aromatic carbocycles. The quantitative estimate of drug-likeness (QED) is 0.0195. The van der Waals surface area contributed by atoms with E-state index in [-0.39, 0.29) is 32.0 Å². The summed E-state index contributed by atoms with van der Waals surface area (Å²) in [4.78, 5) is 38.1. The van der Waals surface area contributed by atoms with Crippen molar-refractivity contribution in [3.05, 3.63) is 146 Å². The van der Waals surface area contributed by atoms with E-state index in [0.29, 0.717) is 17.4 Å². The number of hydrogen-bond donors (Lipinski definition) is 0. The molecular weight excluding hydrogens is 1110 g/mol. The lowest BCUT2D eigenvalue weighted by atomic mass is 10.0. The molecule has 0 fully saturated rings. The Balaban J connectivity index is 4.07. The fourth-order valence-corrected chi connectivity index (χ4v) is 10.2. The van der Waals surface area contributed by atoms with Crippen LogP contribution in [0.3, 0.4) is 0 Å². The van der Waals surface area contributed by atoms with E-state index in [1.807, 2.05) is 21.1 Å². The number of rotatable bonds is 64. The van der Waals surface area contributed by atoms with Gasteiger partial charge in [0.15, 0.2) is 6.10 Å². The number of esters is 2. The summed E-state index contributed by atoms with van der Waals surface area (Å²) in [5.74, 6) is -0.846. The topological polar surface area (TPSA) is 111 Å². The molecule has 0 aromatic rings. The molecule has 0 aliphatic heterocycles. The molecule has 0 aromatic heterocycles. The van der Waals surface area contributed by atoms with Crippen molar-refractivity contribution in [2.75, 3.05) is 47.5 Å². The van der Waals surface area contributed by atoms with Gasteiger partial charge in [0.2, 0.25) is 0 Å². The van der Waals surface area contributed by atoms with Gasteiger partial charge in [0.05, 0.1) is 27.7 Å². The van der Waals surface area contributed by atoms with Crippen molar-refractivity contribution in [3.8, 4) is 0 Å². The Morgan fingerprint density at radius 1 is 0.352 bits per heavy atom. The summed E-state index contributed by atoms with van der Waals surface area (Å²) in [6.07, 6.45) is 99.3. The van der Waals surface area contributed by atoms with Gasteiger partial charge in [0.1, 0.15) is 19.8 Å². The van der Waals surface area contributed by atoms with Gasteiger partial charge in [0, 0.05) is 12.8 Å². The van der Waals surface area contributed by atoms with Crippen LogP contribution in [0.4, 0.5) is 0 Å². The predicted molar refractivity (Wildman–Crippen MR) is 378 cm³/mol. The average molecular weight is 1240 g/mol. The lowest BCUT2D eigenvalue weighted by Gasteiger charge is -2.28. The fraction of sp³-hybridized carbons (Fsp3) is 0.667. The van der Waals surface area contributed by atoms with Gasteiger partial charge in [-0.25, -0.2) is 0 Å². The molecule has 88 heavy (non-hydrogen) atoms. The highest BCUT2D eigenvalue weighted by Crippen LogP contribution is 2.38. The van der Waals surface area contributed by atoms with Crippen molar-refractivity contribution in [2.24, 2.45) is 0 Å². The first-order valence-electron chi connectivity index (χ1n) is 35.5. The highest BCUT2D eigenvalue weighted by molar-refractivity contribution is 7.45. The molecule has 0 saturated heterocycles. The van der Waals surface area contributed by atoms with Crippen molar-refractivity contribution in [1.29, 1.82) is 0 Å². The van der Waals surface area contributed by atoms with Crippen LogP contribution in [0.15, 0.2) is 146 Å². The molecule has 0 heterocycles. The zero-order chi connectivity index (χ0) is 64.1. The normalized spacial score (nSPS) is 14.0. The van der Waals surface area contributed by atoms with Gasteiger partial charge in [-0.1, -0.05) is 301 Å². The third-order valence-corrected chi connectivity index (χ3v) is 15.8. The molecule has 2 unspecified atom stereocenters. The first-order chi connectivity index (χ1) is 43.0. The second-order valence-corrected chi connectivity index (χ2v) is 25.9. The average Bonchev–Trinajstić information content (AvgIpc) is 3.68. The number of carbonyl (C=O) groups is 2. The second kappa shape index (κ2) is 67.3. The highest BCUT2D eigenvalue weighted by atomic mass is 31.2. The van der Waals surface area contributed by atoms with Crippen LogP contribution in [0.25, 0.3) is 0 Å². The third kappa shape index (κ3) is 71.0. The highest BCUT2D eigenvalue weighted by Gasteiger charge is 2.22. The lowest BCUT2D eigenvalue weighted by Crippen LogP contribution is -2.37. The molecule has 0 amide bonds. The van der Waals surface area contributed by atoms with E-state index in [4.69, 9.17) is 18.5 Å². The molecule has 0 aliphatic carbocycles. The van der Waals surface area contributed by atoms with Crippen LogP contribution in [0.2, 0.25) is 0 Å². The van der Waals surface area contributed by atoms with Gasteiger partial charge in [-0.2, -0.15) is 0 Å². The minimum Gasteiger partial charge on any atom is -0.756 e. The number of quaternary nitrogens is 1. The Morgan fingerprint density at radius 3 is 0.909 bits per heavy atom. The number of carbonyl (C=O) groups excluding carboxylic acids is 2. The van der Waals surface area contributed by atoms with Gasteiger partial charge in [0.25, 0.3) is 7.82 Å². The van der Waals surface area contributed by atoms with E-state index in [2.05, 4.69) is 160 Å². The Morgan fingerprint density at radius 2 is 0.614 bits per heavy atom. The Hall–Kier alpha value is -4.11. The van der Waals surface area contributed by atoms with E-state index >= 15 is 0 Å². The largest absolute Gasteiger partial charge is 0.756 e. The number of phosphoric acid groups is 1. The minimum absolute atomic E-state index is 0.0392. The van der Waals surface area contributed by atoms with E-state index in [1.54, 1.807) is 0 Å². The molecule has 502 valence electrons. The maximum Gasteiger partial charge on any atom is 0.306 e. The number of phosphoric ester groups is 1. The molecule has 0 radical (unpaired) electrons. The van der Waals surface area contributed by atoms with Crippen LogP contribution in [0, 0.1) is 0 Å². The molecule has 9 nitrogen and oxygen atoms in total. The van der Waals surface area contributed by atoms with E-state index in [9.17, 15) is 19.0 Å². The van der Waals surface area contributed by atoms with Crippen LogP contribution >= 0.6 is 7.82 Å². The van der Waals surface area contributed by atoms with Crippen molar-refractivity contribution in [3.63, 3.8) is 0 Å². The summed E-state index contributed by atoms with van der Waals surface area (Å²) >= 11 is 0. The predicted octanol–water partition coefficient (Wildman–Crippen LogP) is 22.7. The van der Waals surface area contributed by atoms with Gasteiger partial charge < -0.3 is 27.9 Å². The van der Waals surface area contributed by atoms with Gasteiger partial charge in [-0.3, -0.25) is 14.2 Å². The first kappa shape index (κ1) is 83.9. The van der Waals surface area contributed by atoms with Crippen molar-refractivity contribution in [1.82, 2.24) is 0 Å². The van der Waals surface area contributed by atoms with Crippen LogP contribution in [0.1, 0.15) is 284 Å². The molecule has 0 bridgehead atoms. The fourth-order valence-electron chi connectivity index (χ4n) is 9.49. The summed E-state index contributed by atoms with van der Waals surface area (Å²) in [5.41, 5.74) is 0. The monoisotopic (exact) mass is 1240 g/mol. The number of ether oxygens (including phenoxy) is 2. The standard InChI is InChI=1S/C78H132NO8P/c1-6-8-10-12-14-16-18-20-22-24-26-28-30-32-34-36-37-38-39-40-41-43-44-46-48-50-52-54-56-58-60-62-64-66-68-70-77(80)84-74-76(75-86-88(82,83)85-73-72-79(3,4)5)87-78(81)71-69-67-65-63-61-59-57-55-53-51-49-47-45-42-35-33-31-29-27-25-23-21-19-17-15-13-11-9-7-2/h8-11,14-17,20-23,26-29,32-35,45,47,51,53,76H,6-7,12-13,18-19,24-25,30-31,36-44,46,48-50,52,54-75H2,1-5H3/b10-8-,11-9-,16-14-,17-15-,22-20-,23-21-,28-26-,29-27-,34-32-,35-33-,47-45-,53-51-. The number of unbranched alkanes of at least 4 members (excludes halogenated alkanes) is 26. The summed E-state index contributed by atoms with van der Waals surface area (Å²) in [7, 11) is 1.15. The summed E-state index contributed by atoms with van der Waals surface area (Å²) in [6.45, 7) is 4.01. The van der Waals surface area contributed by atoms with Gasteiger partial charge >= 0.3 is 11.9 Å². The number of hydrogen-bond acceptors (Lipinski definition) is 8. The van der Waals surface area contributed by atoms with E-state index < -0.39 is 26.5 Å². The number of likely N-dealkylation sites (N-methyl/N-ethyl adjacent to an activating group) is 1. The van der Waals surface area contributed by atoms with E-state index in [0.717, 1.165) is 122 Å². The number of allylic oxidation sites excluding steroid dienone is 24. The molecule has 0 aliphatic rings. The van der Waals surface area contributed by atoms with Crippen LogP contribution in [-0.2, 0) is 32.7 Å². The zero-order valence-electron chi connectivity index (χ0n) is 57.1. The number of nitrogens with zero attached hydrogens (tertiary/aromatic N) is 1. The van der Waals surface area contributed by atoms with Crippen LogP contribution < -0.4 is 4.89 Å². The molecule has 0 saturated carbocycles. The Bertz CT molecular complexity index is 2000. The molecule has 0 N–H and O–H groups in total. The second-order valence-electron chi connectivity index (χ2n) is 24.5. The molecule has 0 spiro atoms. The summed E-state index contributed by atoms with van der Waals surface area (Å²) in [6, 6.07) is 0. The molecule has 2 atom stereocenters. The molecule has 10 heteroatoms. The van der Waals surface area contributed by atoms with Crippen molar-refractivity contribution >= 4 is 19.8 Å². The summed E-state index contributed by atoms with van der Waals surface area (Å²) < 4.78 is 34.3. The van der Waals surface area contributed by atoms with Crippen LogP contribution in [0.5, 0.6) is 0 Å². The van der Waals surface area contributed by atoms with Crippen LogP contribution in [-0.4, -0.2) is 70.0 Å². The smallest absolute Gasteiger partial charge is 0.306 e. The maximum atomic E-state index is 12.9. The SMILES string of the molecule is CC/C=C\C/C=C\C/C=C\C/C=C\C/C=C\C/C=C\C/C=C\CCCCCCCCCC(=O)OC(COC(=O)CCCCCCCCCCCCCCCCCCCCC/C=C\C/C=C\C/C=C\C/C=C\C/C=C\CC)COP(=O)([O-])OCC[N+](C)(C)C. The first-order valence-corrected chi connectivity index (χ1v) is 37.0. The lowest BCUT2D eigenvalue weighted by molar-refractivity contribution is -0.870. The zero-order valence-corrected chi connectivity index (χ0v) is 58.0. The van der Waals surface area contributed by atoms with Gasteiger partial charge in [-0.15, -0.1) is 0 Å². The summed E-state index contributed by atoms with van der Waals surface area (Å²) in [5, 5.41) is 0. The molecule has 0 rings (SSSR count). The van der Waals surface area contributed by atoms with Crippen molar-refractivity contribution < 1.29 is 42.1 Å². The third-order valence-electron chi connectivity index (χ3n) is 14.9. The molecular formula is C78H132NO8P. The Kier molecular flexibility index (Phi) is 64.1. The van der Waals surface area contributed by atoms with Gasteiger partial charge in [-0.05, 0) is 116 Å².